The van der Waals surface area contributed by atoms with E-state index >= 15 is 0 Å². The van der Waals surface area contributed by atoms with E-state index in [1.54, 1.807) is 24.3 Å². The Hall–Kier alpha value is -4.14. The maximum Gasteiger partial charge on any atom is 0.269 e. The van der Waals surface area contributed by atoms with Crippen LogP contribution in [-0.2, 0) is 0 Å². The third kappa shape index (κ3) is 4.28. The van der Waals surface area contributed by atoms with Crippen LogP contribution in [0.15, 0.2) is 87.2 Å². The quantitative estimate of drug-likeness (QED) is 0.335. The zero-order chi connectivity index (χ0) is 19.2. The van der Waals surface area contributed by atoms with Crippen molar-refractivity contribution in [1.82, 2.24) is 0 Å². The fourth-order valence-corrected chi connectivity index (χ4v) is 2.09. The predicted octanol–water partition coefficient (Wildman–Crippen LogP) is 5.84. The molecule has 134 valence electrons. The van der Waals surface area contributed by atoms with Crippen molar-refractivity contribution in [2.75, 3.05) is 0 Å². The molecule has 0 aliphatic rings. The molecule has 0 fully saturated rings. The van der Waals surface area contributed by atoms with Crippen LogP contribution in [0.3, 0.4) is 0 Å². The van der Waals surface area contributed by atoms with Crippen LogP contribution in [0.25, 0.3) is 0 Å². The van der Waals surface area contributed by atoms with Crippen LogP contribution in [0.5, 0.6) is 11.5 Å². The van der Waals surface area contributed by atoms with Gasteiger partial charge in [0.15, 0.2) is 11.4 Å². The number of hydrogen-bond donors (Lipinski definition) is 2. The third-order valence-corrected chi connectivity index (χ3v) is 3.46. The van der Waals surface area contributed by atoms with E-state index in [4.69, 9.17) is 0 Å². The summed E-state index contributed by atoms with van der Waals surface area (Å²) in [5.74, 6) is -0.683. The van der Waals surface area contributed by atoms with Crippen molar-refractivity contribution in [3.05, 3.63) is 76.8 Å². The molecule has 0 unspecified atom stereocenters. The number of phenolic OH excluding ortho intramolecular Hbond substituents is 2. The molecule has 0 bridgehead atoms. The van der Waals surface area contributed by atoms with Crippen LogP contribution >= 0.6 is 0 Å². The van der Waals surface area contributed by atoms with Crippen LogP contribution in [0.2, 0.25) is 0 Å². The average Bonchev–Trinajstić information content (AvgIpc) is 2.68. The van der Waals surface area contributed by atoms with Crippen LogP contribution in [0, 0.1) is 10.1 Å². The van der Waals surface area contributed by atoms with E-state index in [9.17, 15) is 20.3 Å². The lowest BCUT2D eigenvalue weighted by molar-refractivity contribution is -0.384. The highest BCUT2D eigenvalue weighted by Crippen LogP contribution is 2.44. The lowest BCUT2D eigenvalue weighted by Crippen LogP contribution is -1.85. The molecule has 27 heavy (non-hydrogen) atoms. The maximum atomic E-state index is 10.6. The topological polar surface area (TPSA) is 133 Å². The zero-order valence-electron chi connectivity index (χ0n) is 13.8. The Morgan fingerprint density at radius 2 is 1.37 bits per heavy atom. The summed E-state index contributed by atoms with van der Waals surface area (Å²) in [6, 6.07) is 17.0. The molecule has 3 rings (SSSR count). The summed E-state index contributed by atoms with van der Waals surface area (Å²) in [6.45, 7) is 0. The maximum absolute atomic E-state index is 10.6. The van der Waals surface area contributed by atoms with Crippen LogP contribution in [-0.4, -0.2) is 15.1 Å². The summed E-state index contributed by atoms with van der Waals surface area (Å²) < 4.78 is 0. The normalized spacial score (nSPS) is 11.3. The molecular weight excluding hydrogens is 350 g/mol. The Kier molecular flexibility index (Phi) is 5.12. The second-order valence-corrected chi connectivity index (χ2v) is 5.31. The van der Waals surface area contributed by atoms with Crippen LogP contribution in [0.4, 0.5) is 28.4 Å². The second-order valence-electron chi connectivity index (χ2n) is 5.31. The van der Waals surface area contributed by atoms with Gasteiger partial charge in [0.25, 0.3) is 5.69 Å². The van der Waals surface area contributed by atoms with Gasteiger partial charge in [-0.3, -0.25) is 10.1 Å². The third-order valence-electron chi connectivity index (χ3n) is 3.46. The molecule has 2 N–H and O–H groups in total. The van der Waals surface area contributed by atoms with E-state index in [1.165, 1.54) is 36.4 Å². The molecule has 0 radical (unpaired) electrons. The number of non-ortho nitro benzene ring substituents is 1. The van der Waals surface area contributed by atoms with Crippen molar-refractivity contribution in [2.45, 2.75) is 0 Å². The molecule has 0 atom stereocenters. The van der Waals surface area contributed by atoms with Gasteiger partial charge in [0.1, 0.15) is 11.4 Å². The number of nitrogens with zero attached hydrogens (tertiary/aromatic N) is 5. The first-order valence-corrected chi connectivity index (χ1v) is 7.72. The number of rotatable bonds is 5. The van der Waals surface area contributed by atoms with Gasteiger partial charge in [0.05, 0.1) is 16.3 Å². The van der Waals surface area contributed by atoms with Crippen molar-refractivity contribution in [1.29, 1.82) is 0 Å². The molecule has 0 aliphatic heterocycles. The minimum absolute atomic E-state index is 0.0806. The van der Waals surface area contributed by atoms with E-state index in [1.807, 2.05) is 6.07 Å². The minimum atomic E-state index is -0.528. The molecule has 0 saturated heterocycles. The van der Waals surface area contributed by atoms with E-state index in [-0.39, 0.29) is 28.6 Å². The van der Waals surface area contributed by atoms with E-state index in [0.29, 0.717) is 11.4 Å². The number of nitro benzene ring substituents is 1. The Morgan fingerprint density at radius 3 is 2.04 bits per heavy atom. The van der Waals surface area contributed by atoms with Gasteiger partial charge in [0.2, 0.25) is 0 Å². The van der Waals surface area contributed by atoms with Crippen molar-refractivity contribution in [3.63, 3.8) is 0 Å². The van der Waals surface area contributed by atoms with Gasteiger partial charge in [0, 0.05) is 12.1 Å². The van der Waals surface area contributed by atoms with Crippen LogP contribution in [0.1, 0.15) is 0 Å². The number of phenols is 2. The summed E-state index contributed by atoms with van der Waals surface area (Å²) in [7, 11) is 0. The number of nitro groups is 1. The molecule has 9 nitrogen and oxygen atoms in total. The van der Waals surface area contributed by atoms with E-state index < -0.39 is 4.92 Å². The average molecular weight is 363 g/mol. The predicted molar refractivity (Wildman–Crippen MR) is 97.7 cm³/mol. The lowest BCUT2D eigenvalue weighted by Gasteiger charge is -2.03. The smallest absolute Gasteiger partial charge is 0.269 e. The summed E-state index contributed by atoms with van der Waals surface area (Å²) in [5.41, 5.74) is 0.755. The minimum Gasteiger partial charge on any atom is -0.505 e. The number of hydrogen-bond acceptors (Lipinski definition) is 8. The largest absolute Gasteiger partial charge is 0.505 e. The molecule has 0 aliphatic carbocycles. The van der Waals surface area contributed by atoms with E-state index in [0.717, 1.165) is 0 Å². The molecule has 0 spiro atoms. The monoisotopic (exact) mass is 363 g/mol. The van der Waals surface area contributed by atoms with E-state index in [2.05, 4.69) is 20.5 Å². The second kappa shape index (κ2) is 7.83. The number of benzene rings is 3. The van der Waals surface area contributed by atoms with Crippen molar-refractivity contribution in [2.24, 2.45) is 20.5 Å². The van der Waals surface area contributed by atoms with Crippen molar-refractivity contribution < 1.29 is 15.1 Å². The summed E-state index contributed by atoms with van der Waals surface area (Å²) in [6.07, 6.45) is 0. The summed E-state index contributed by atoms with van der Waals surface area (Å²) >= 11 is 0. The molecule has 9 heteroatoms. The molecule has 0 heterocycles. The standard InChI is InChI=1S/C18H13N5O4/c24-16-11-10-15(21-19-12-4-2-1-3-5-12)18(25)17(16)22-20-13-6-8-14(9-7-13)23(26)27/h1-11,24-25H. The molecular formula is C18H13N5O4. The molecule has 0 aromatic heterocycles. The Labute approximate surface area is 153 Å². The SMILES string of the molecule is O=[N+]([O-])c1ccc(N=Nc2c(O)ccc(N=Nc3ccccc3)c2O)cc1. The van der Waals surface area contributed by atoms with Gasteiger partial charge in [-0.1, -0.05) is 18.2 Å². The van der Waals surface area contributed by atoms with Crippen LogP contribution < -0.4 is 0 Å². The number of aromatic hydroxyl groups is 2. The molecule has 0 saturated carbocycles. The summed E-state index contributed by atoms with van der Waals surface area (Å²) in [5, 5.41) is 46.5. The van der Waals surface area contributed by atoms with Gasteiger partial charge < -0.3 is 10.2 Å². The van der Waals surface area contributed by atoms with Gasteiger partial charge in [-0.2, -0.15) is 10.2 Å². The Morgan fingerprint density at radius 1 is 0.741 bits per heavy atom. The van der Waals surface area contributed by atoms with Gasteiger partial charge in [-0.25, -0.2) is 0 Å². The molecule has 3 aromatic rings. The Balaban J connectivity index is 1.87. The Bertz CT molecular complexity index is 1020. The number of azo groups is 2. The van der Waals surface area contributed by atoms with Gasteiger partial charge in [-0.05, 0) is 36.4 Å². The fraction of sp³-hybridized carbons (Fsp3) is 0. The highest BCUT2D eigenvalue weighted by molar-refractivity contribution is 5.71. The zero-order valence-corrected chi connectivity index (χ0v) is 13.8. The van der Waals surface area contributed by atoms with Gasteiger partial charge in [-0.15, -0.1) is 10.2 Å². The van der Waals surface area contributed by atoms with Crippen molar-refractivity contribution in [3.8, 4) is 11.5 Å². The molecule has 0 amide bonds. The first-order chi connectivity index (χ1) is 13.0. The molecule has 3 aromatic carbocycles. The van der Waals surface area contributed by atoms with Gasteiger partial charge >= 0.3 is 0 Å². The van der Waals surface area contributed by atoms with Crippen molar-refractivity contribution >= 4 is 28.4 Å². The summed E-state index contributed by atoms with van der Waals surface area (Å²) in [4.78, 5) is 10.1. The first-order valence-electron chi connectivity index (χ1n) is 7.72. The first kappa shape index (κ1) is 17.7. The highest BCUT2D eigenvalue weighted by atomic mass is 16.6. The highest BCUT2D eigenvalue weighted by Gasteiger charge is 2.12. The fourth-order valence-electron chi connectivity index (χ4n) is 2.09. The lowest BCUT2D eigenvalue weighted by atomic mass is 10.2.